The van der Waals surface area contributed by atoms with E-state index >= 15 is 0 Å². The Hall–Kier alpha value is -1.49. The van der Waals surface area contributed by atoms with Crippen molar-refractivity contribution < 1.29 is 18.7 Å². The normalized spacial score (nSPS) is 14.0. The number of benzene rings is 1. The van der Waals surface area contributed by atoms with Gasteiger partial charge >= 0.3 is 0 Å². The third-order valence-corrected chi connectivity index (χ3v) is 3.29. The lowest BCUT2D eigenvalue weighted by molar-refractivity contribution is -0.121. The molecule has 5 heteroatoms. The van der Waals surface area contributed by atoms with Crippen LogP contribution in [0.5, 0.6) is 0 Å². The number of nitrogens with one attached hydrogen (secondary N) is 1. The van der Waals surface area contributed by atoms with Crippen LogP contribution in [0.4, 0.5) is 8.78 Å². The molecule has 0 fully saturated rings. The van der Waals surface area contributed by atoms with Gasteiger partial charge in [-0.1, -0.05) is 19.9 Å². The number of rotatable bonds is 7. The van der Waals surface area contributed by atoms with Crippen molar-refractivity contribution in [2.75, 3.05) is 6.54 Å². The summed E-state index contributed by atoms with van der Waals surface area (Å²) in [5.41, 5.74) is -0.850. The smallest absolute Gasteiger partial charge is 0.224 e. The van der Waals surface area contributed by atoms with E-state index in [0.717, 1.165) is 18.6 Å². The zero-order valence-electron chi connectivity index (χ0n) is 12.7. The standard InChI is InChI=1S/C16H23F2NO2/c1-11(2)6-7-16(3,21)10-19-15(20)8-12-4-5-13(17)9-14(12)18/h4-5,9,11,21H,6-8,10H2,1-3H3,(H,19,20). The van der Waals surface area contributed by atoms with Crippen molar-refractivity contribution >= 4 is 5.91 Å². The summed E-state index contributed by atoms with van der Waals surface area (Å²) in [5.74, 6) is -1.34. The van der Waals surface area contributed by atoms with Crippen molar-refractivity contribution in [2.45, 2.75) is 45.6 Å². The maximum Gasteiger partial charge on any atom is 0.224 e. The van der Waals surface area contributed by atoms with Gasteiger partial charge in [0.15, 0.2) is 0 Å². The second kappa shape index (κ2) is 7.50. The average Bonchev–Trinajstić information content (AvgIpc) is 2.38. The molecule has 0 radical (unpaired) electrons. The molecular weight excluding hydrogens is 276 g/mol. The average molecular weight is 299 g/mol. The van der Waals surface area contributed by atoms with Gasteiger partial charge in [0.25, 0.3) is 0 Å². The van der Waals surface area contributed by atoms with Gasteiger partial charge in [-0.15, -0.1) is 0 Å². The van der Waals surface area contributed by atoms with E-state index < -0.39 is 23.1 Å². The first-order valence-corrected chi connectivity index (χ1v) is 7.12. The maximum absolute atomic E-state index is 13.4. The van der Waals surface area contributed by atoms with E-state index in [1.165, 1.54) is 6.07 Å². The van der Waals surface area contributed by atoms with E-state index in [4.69, 9.17) is 0 Å². The lowest BCUT2D eigenvalue weighted by Crippen LogP contribution is -2.41. The van der Waals surface area contributed by atoms with E-state index in [0.29, 0.717) is 12.3 Å². The minimum atomic E-state index is -0.985. The van der Waals surface area contributed by atoms with Crippen LogP contribution < -0.4 is 5.32 Å². The number of carbonyl (C=O) groups excluding carboxylic acids is 1. The van der Waals surface area contributed by atoms with Gasteiger partial charge < -0.3 is 10.4 Å². The molecule has 0 bridgehead atoms. The van der Waals surface area contributed by atoms with Crippen LogP contribution in [-0.4, -0.2) is 23.2 Å². The van der Waals surface area contributed by atoms with Crippen molar-refractivity contribution in [2.24, 2.45) is 5.92 Å². The molecule has 0 spiro atoms. The Morgan fingerprint density at radius 2 is 2.05 bits per heavy atom. The van der Waals surface area contributed by atoms with Crippen LogP contribution in [0.3, 0.4) is 0 Å². The Bertz CT molecular complexity index is 487. The van der Waals surface area contributed by atoms with Crippen LogP contribution in [0.25, 0.3) is 0 Å². The van der Waals surface area contributed by atoms with Gasteiger partial charge in [0, 0.05) is 12.6 Å². The third kappa shape index (κ3) is 6.67. The lowest BCUT2D eigenvalue weighted by atomic mass is 9.95. The molecule has 0 aromatic heterocycles. The van der Waals surface area contributed by atoms with Gasteiger partial charge in [-0.2, -0.15) is 0 Å². The summed E-state index contributed by atoms with van der Waals surface area (Å²) in [5, 5.41) is 12.7. The van der Waals surface area contributed by atoms with Crippen molar-refractivity contribution in [3.05, 3.63) is 35.4 Å². The number of aliphatic hydroxyl groups is 1. The zero-order valence-corrected chi connectivity index (χ0v) is 12.7. The second-order valence-corrected chi connectivity index (χ2v) is 6.12. The van der Waals surface area contributed by atoms with E-state index in [1.54, 1.807) is 6.92 Å². The fraction of sp³-hybridized carbons (Fsp3) is 0.562. The summed E-state index contributed by atoms with van der Waals surface area (Å²) >= 11 is 0. The number of hydrogen-bond donors (Lipinski definition) is 2. The fourth-order valence-corrected chi connectivity index (χ4v) is 1.88. The molecule has 1 atom stereocenters. The molecule has 0 heterocycles. The van der Waals surface area contributed by atoms with Crippen LogP contribution in [0.1, 0.15) is 39.2 Å². The van der Waals surface area contributed by atoms with Crippen LogP contribution in [0.15, 0.2) is 18.2 Å². The van der Waals surface area contributed by atoms with Crippen LogP contribution >= 0.6 is 0 Å². The summed E-state index contributed by atoms with van der Waals surface area (Å²) in [7, 11) is 0. The highest BCUT2D eigenvalue weighted by Crippen LogP contribution is 2.15. The van der Waals surface area contributed by atoms with Crippen molar-refractivity contribution in [3.8, 4) is 0 Å². The van der Waals surface area contributed by atoms with E-state index in [9.17, 15) is 18.7 Å². The van der Waals surface area contributed by atoms with Gasteiger partial charge in [-0.3, -0.25) is 4.79 Å². The Morgan fingerprint density at radius 3 is 2.62 bits per heavy atom. The molecule has 1 rings (SSSR count). The number of halogens is 2. The highest BCUT2D eigenvalue weighted by atomic mass is 19.1. The number of carbonyl (C=O) groups is 1. The van der Waals surface area contributed by atoms with Crippen LogP contribution in [-0.2, 0) is 11.2 Å². The van der Waals surface area contributed by atoms with Gasteiger partial charge in [0.1, 0.15) is 11.6 Å². The zero-order chi connectivity index (χ0) is 16.0. The minimum absolute atomic E-state index is 0.112. The quantitative estimate of drug-likeness (QED) is 0.813. The first-order chi connectivity index (χ1) is 9.69. The summed E-state index contributed by atoms with van der Waals surface area (Å²) in [6.07, 6.45) is 1.26. The molecule has 0 aliphatic carbocycles. The van der Waals surface area contributed by atoms with Gasteiger partial charge in [-0.05, 0) is 37.3 Å². The highest BCUT2D eigenvalue weighted by Gasteiger charge is 2.21. The molecule has 0 saturated carbocycles. The molecule has 1 aromatic carbocycles. The Balaban J connectivity index is 2.46. The predicted octanol–water partition coefficient (Wildman–Crippen LogP) is 2.81. The molecule has 3 nitrogen and oxygen atoms in total. The number of amides is 1. The SMILES string of the molecule is CC(C)CCC(C)(O)CNC(=O)Cc1ccc(F)cc1F. The molecular formula is C16H23F2NO2. The minimum Gasteiger partial charge on any atom is -0.388 e. The van der Waals surface area contributed by atoms with Gasteiger partial charge in [0.2, 0.25) is 5.91 Å². The second-order valence-electron chi connectivity index (χ2n) is 6.12. The molecule has 1 aromatic rings. The van der Waals surface area contributed by atoms with Crippen LogP contribution in [0.2, 0.25) is 0 Å². The molecule has 118 valence electrons. The molecule has 2 N–H and O–H groups in total. The monoisotopic (exact) mass is 299 g/mol. The maximum atomic E-state index is 13.4. The van der Waals surface area contributed by atoms with Crippen LogP contribution in [0, 0.1) is 17.6 Å². The summed E-state index contributed by atoms with van der Waals surface area (Å²) < 4.78 is 26.2. The van der Waals surface area contributed by atoms with E-state index in [2.05, 4.69) is 19.2 Å². The van der Waals surface area contributed by atoms with Crippen molar-refractivity contribution in [1.82, 2.24) is 5.32 Å². The Morgan fingerprint density at radius 1 is 1.38 bits per heavy atom. The number of hydrogen-bond acceptors (Lipinski definition) is 2. The van der Waals surface area contributed by atoms with Crippen molar-refractivity contribution in [1.29, 1.82) is 0 Å². The van der Waals surface area contributed by atoms with E-state index in [1.807, 2.05) is 0 Å². The molecule has 21 heavy (non-hydrogen) atoms. The lowest BCUT2D eigenvalue weighted by Gasteiger charge is -2.24. The topological polar surface area (TPSA) is 49.3 Å². The summed E-state index contributed by atoms with van der Waals surface area (Å²) in [6.45, 7) is 5.90. The predicted molar refractivity (Wildman–Crippen MR) is 77.8 cm³/mol. The first kappa shape index (κ1) is 17.6. The summed E-state index contributed by atoms with van der Waals surface area (Å²) in [6, 6.07) is 3.12. The summed E-state index contributed by atoms with van der Waals surface area (Å²) in [4.78, 5) is 11.8. The largest absolute Gasteiger partial charge is 0.388 e. The Labute approximate surface area is 124 Å². The Kier molecular flexibility index (Phi) is 6.27. The molecule has 0 saturated heterocycles. The molecule has 0 aliphatic rings. The first-order valence-electron chi connectivity index (χ1n) is 7.12. The fourth-order valence-electron chi connectivity index (χ4n) is 1.88. The molecule has 0 aliphatic heterocycles. The molecule has 1 amide bonds. The third-order valence-electron chi connectivity index (χ3n) is 3.29. The molecule has 1 unspecified atom stereocenters. The highest BCUT2D eigenvalue weighted by molar-refractivity contribution is 5.78. The van der Waals surface area contributed by atoms with Gasteiger partial charge in [0.05, 0.1) is 12.0 Å². The van der Waals surface area contributed by atoms with Crippen molar-refractivity contribution in [3.63, 3.8) is 0 Å². The van der Waals surface area contributed by atoms with E-state index in [-0.39, 0.29) is 18.5 Å². The van der Waals surface area contributed by atoms with Gasteiger partial charge in [-0.25, -0.2) is 8.78 Å².